The van der Waals surface area contributed by atoms with Crippen LogP contribution in [-0.2, 0) is 4.74 Å². The molecule has 1 aromatic rings. The van der Waals surface area contributed by atoms with E-state index in [1.165, 1.54) is 0 Å². The van der Waals surface area contributed by atoms with E-state index in [-0.39, 0.29) is 24.8 Å². The van der Waals surface area contributed by atoms with Gasteiger partial charge in [0, 0.05) is 12.7 Å². The molecule has 6 nitrogen and oxygen atoms in total. The van der Waals surface area contributed by atoms with Gasteiger partial charge in [-0.05, 0) is 31.0 Å². The first-order chi connectivity index (χ1) is 10.7. The number of benzene rings is 1. The number of carbonyl (C=O) groups excluding carboxylic acids is 1. The lowest BCUT2D eigenvalue weighted by atomic mass is 10.0. The Morgan fingerprint density at radius 1 is 1.27 bits per heavy atom. The molecular weight excluding hydrogens is 286 g/mol. The number of fused-ring (bicyclic) bond motifs is 1. The average Bonchev–Trinajstić information content (AvgIpc) is 2.93. The molecule has 1 saturated carbocycles. The summed E-state index contributed by atoms with van der Waals surface area (Å²) in [5.74, 6) is 0.994. The fourth-order valence-corrected chi connectivity index (χ4v) is 3.01. The number of aliphatic hydroxyl groups excluding tert-OH is 1. The lowest BCUT2D eigenvalue weighted by Crippen LogP contribution is -2.48. The van der Waals surface area contributed by atoms with Gasteiger partial charge in [-0.2, -0.15) is 0 Å². The van der Waals surface area contributed by atoms with Gasteiger partial charge in [0.25, 0.3) is 5.91 Å². The van der Waals surface area contributed by atoms with Crippen molar-refractivity contribution in [3.05, 3.63) is 23.8 Å². The molecule has 1 fully saturated rings. The van der Waals surface area contributed by atoms with Crippen molar-refractivity contribution in [3.8, 4) is 11.5 Å². The SMILES string of the molecule is CO[C@@H]1CCCC[C@@H](NC(=O)c2ccc3c(c2)OCO3)[C@H]1O. The third-order valence-electron chi connectivity index (χ3n) is 4.30. The standard InChI is InChI=1S/C16H21NO5/c1-20-13-5-3-2-4-11(15(13)18)17-16(19)10-6-7-12-14(8-10)22-9-21-12/h6-8,11,13,15,18H,2-5,9H2,1H3,(H,17,19)/t11-,13-,15-/m1/s1. The van der Waals surface area contributed by atoms with Gasteiger partial charge >= 0.3 is 0 Å². The minimum Gasteiger partial charge on any atom is -0.454 e. The molecule has 0 saturated heterocycles. The Hall–Kier alpha value is -1.79. The second-order valence-electron chi connectivity index (χ2n) is 5.70. The zero-order valence-electron chi connectivity index (χ0n) is 12.6. The largest absolute Gasteiger partial charge is 0.454 e. The summed E-state index contributed by atoms with van der Waals surface area (Å²) >= 11 is 0. The molecule has 2 N–H and O–H groups in total. The van der Waals surface area contributed by atoms with Crippen LogP contribution in [0.5, 0.6) is 11.5 Å². The van der Waals surface area contributed by atoms with Gasteiger partial charge in [-0.1, -0.05) is 12.8 Å². The fraction of sp³-hybridized carbons (Fsp3) is 0.562. The second-order valence-corrected chi connectivity index (χ2v) is 5.70. The number of nitrogens with one attached hydrogen (secondary N) is 1. The van der Waals surface area contributed by atoms with E-state index < -0.39 is 6.10 Å². The average molecular weight is 307 g/mol. The number of carbonyl (C=O) groups is 1. The number of amides is 1. The van der Waals surface area contributed by atoms with Crippen LogP contribution < -0.4 is 14.8 Å². The maximum atomic E-state index is 12.4. The van der Waals surface area contributed by atoms with Crippen molar-refractivity contribution in [3.63, 3.8) is 0 Å². The van der Waals surface area contributed by atoms with Crippen LogP contribution in [0.4, 0.5) is 0 Å². The van der Waals surface area contributed by atoms with Crippen molar-refractivity contribution < 1.29 is 24.1 Å². The number of methoxy groups -OCH3 is 1. The lowest BCUT2D eigenvalue weighted by molar-refractivity contribution is -0.0277. The topological polar surface area (TPSA) is 77.0 Å². The van der Waals surface area contributed by atoms with Crippen molar-refractivity contribution in [2.45, 2.75) is 43.9 Å². The van der Waals surface area contributed by atoms with E-state index in [0.717, 1.165) is 25.7 Å². The predicted molar refractivity (Wildman–Crippen MR) is 79.1 cm³/mol. The van der Waals surface area contributed by atoms with E-state index in [1.807, 2.05) is 0 Å². The third kappa shape index (κ3) is 3.03. The summed E-state index contributed by atoms with van der Waals surface area (Å²) in [6, 6.07) is 4.78. The van der Waals surface area contributed by atoms with Gasteiger partial charge in [-0.15, -0.1) is 0 Å². The summed E-state index contributed by atoms with van der Waals surface area (Å²) in [6.07, 6.45) is 2.59. The molecule has 1 aromatic carbocycles. The highest BCUT2D eigenvalue weighted by Gasteiger charge is 2.31. The van der Waals surface area contributed by atoms with Gasteiger partial charge in [0.05, 0.1) is 12.1 Å². The molecule has 1 heterocycles. The Labute approximate surface area is 129 Å². The molecule has 0 bridgehead atoms. The van der Waals surface area contributed by atoms with Crippen LogP contribution in [0.3, 0.4) is 0 Å². The van der Waals surface area contributed by atoms with Crippen molar-refractivity contribution in [2.75, 3.05) is 13.9 Å². The number of hydrogen-bond donors (Lipinski definition) is 2. The van der Waals surface area contributed by atoms with E-state index in [0.29, 0.717) is 17.1 Å². The van der Waals surface area contributed by atoms with Gasteiger partial charge in [-0.3, -0.25) is 4.79 Å². The van der Waals surface area contributed by atoms with Crippen molar-refractivity contribution in [2.24, 2.45) is 0 Å². The molecule has 1 amide bonds. The van der Waals surface area contributed by atoms with E-state index in [1.54, 1.807) is 25.3 Å². The molecule has 3 rings (SSSR count). The van der Waals surface area contributed by atoms with Crippen LogP contribution in [0.2, 0.25) is 0 Å². The van der Waals surface area contributed by atoms with Gasteiger partial charge in [0.2, 0.25) is 6.79 Å². The van der Waals surface area contributed by atoms with Gasteiger partial charge in [0.15, 0.2) is 11.5 Å². The smallest absolute Gasteiger partial charge is 0.251 e. The molecule has 0 unspecified atom stereocenters. The number of ether oxygens (including phenoxy) is 3. The normalized spacial score (nSPS) is 27.3. The summed E-state index contributed by atoms with van der Waals surface area (Å²) in [4.78, 5) is 12.4. The first kappa shape index (κ1) is 15.1. The molecule has 1 aliphatic carbocycles. The van der Waals surface area contributed by atoms with Crippen molar-refractivity contribution in [1.29, 1.82) is 0 Å². The zero-order chi connectivity index (χ0) is 15.5. The summed E-state index contributed by atoms with van der Waals surface area (Å²) < 4.78 is 15.8. The number of rotatable bonds is 3. The van der Waals surface area contributed by atoms with Gasteiger partial charge in [0.1, 0.15) is 6.10 Å². The zero-order valence-corrected chi connectivity index (χ0v) is 12.6. The molecule has 0 radical (unpaired) electrons. The van der Waals surface area contributed by atoms with E-state index in [4.69, 9.17) is 14.2 Å². The van der Waals surface area contributed by atoms with E-state index >= 15 is 0 Å². The van der Waals surface area contributed by atoms with E-state index in [9.17, 15) is 9.90 Å². The summed E-state index contributed by atoms with van der Waals surface area (Å²) in [5.41, 5.74) is 0.495. The molecule has 22 heavy (non-hydrogen) atoms. The Balaban J connectivity index is 1.70. The highest BCUT2D eigenvalue weighted by atomic mass is 16.7. The molecule has 3 atom stereocenters. The molecule has 0 spiro atoms. The van der Waals surface area contributed by atoms with Gasteiger partial charge in [-0.25, -0.2) is 0 Å². The van der Waals surface area contributed by atoms with Crippen LogP contribution in [0.25, 0.3) is 0 Å². The second kappa shape index (κ2) is 6.54. The van der Waals surface area contributed by atoms with E-state index in [2.05, 4.69) is 5.32 Å². The van der Waals surface area contributed by atoms with Crippen LogP contribution in [-0.4, -0.2) is 43.2 Å². The van der Waals surface area contributed by atoms with Gasteiger partial charge < -0.3 is 24.6 Å². The quantitative estimate of drug-likeness (QED) is 0.827. The maximum absolute atomic E-state index is 12.4. The Morgan fingerprint density at radius 2 is 2.05 bits per heavy atom. The first-order valence-corrected chi connectivity index (χ1v) is 7.60. The fourth-order valence-electron chi connectivity index (χ4n) is 3.01. The van der Waals surface area contributed by atoms with Crippen molar-refractivity contribution in [1.82, 2.24) is 5.32 Å². The molecule has 0 aromatic heterocycles. The minimum absolute atomic E-state index is 0.178. The molecule has 120 valence electrons. The Morgan fingerprint density at radius 3 is 2.86 bits per heavy atom. The van der Waals surface area contributed by atoms with Crippen LogP contribution in [0.15, 0.2) is 18.2 Å². The Kier molecular flexibility index (Phi) is 4.49. The van der Waals surface area contributed by atoms with Crippen molar-refractivity contribution >= 4 is 5.91 Å². The number of aliphatic hydroxyl groups is 1. The lowest BCUT2D eigenvalue weighted by Gasteiger charge is -2.27. The molecule has 2 aliphatic rings. The number of hydrogen-bond acceptors (Lipinski definition) is 5. The first-order valence-electron chi connectivity index (χ1n) is 7.60. The van der Waals surface area contributed by atoms with Crippen LogP contribution >= 0.6 is 0 Å². The highest BCUT2D eigenvalue weighted by molar-refractivity contribution is 5.95. The van der Waals surface area contributed by atoms with Crippen LogP contribution in [0, 0.1) is 0 Å². The molecular formula is C16H21NO5. The summed E-state index contributed by atoms with van der Waals surface area (Å²) in [5, 5.41) is 13.3. The highest BCUT2D eigenvalue weighted by Crippen LogP contribution is 2.32. The maximum Gasteiger partial charge on any atom is 0.251 e. The third-order valence-corrected chi connectivity index (χ3v) is 4.30. The minimum atomic E-state index is -0.689. The summed E-state index contributed by atoms with van der Waals surface area (Å²) in [6.45, 7) is 0.178. The molecule has 6 heteroatoms. The molecule has 1 aliphatic heterocycles. The monoisotopic (exact) mass is 307 g/mol. The predicted octanol–water partition coefficient (Wildman–Crippen LogP) is 1.46. The van der Waals surface area contributed by atoms with Crippen LogP contribution in [0.1, 0.15) is 36.0 Å². The summed E-state index contributed by atoms with van der Waals surface area (Å²) in [7, 11) is 1.59. The Bertz CT molecular complexity index is 547.